The molecule has 2 aliphatic carbocycles. The van der Waals surface area contributed by atoms with Crippen LogP contribution in [0.4, 0.5) is 0 Å². The van der Waals surface area contributed by atoms with Crippen LogP contribution < -0.4 is 0 Å². The van der Waals surface area contributed by atoms with E-state index in [1.807, 2.05) is 0 Å². The lowest BCUT2D eigenvalue weighted by molar-refractivity contribution is 0.110. The third-order valence-corrected chi connectivity index (χ3v) is 14.8. The first-order chi connectivity index (χ1) is 14.3. The van der Waals surface area contributed by atoms with Crippen LogP contribution in [-0.2, 0) is 4.43 Å². The van der Waals surface area contributed by atoms with Gasteiger partial charge in [0, 0.05) is 6.10 Å². The standard InChI is InChI=1S/C28H54OSi/c1-8-11-25-14-16-26(17-15-25)12-9-10-13-27-18-20-28(21-19-27)29-30(22(2)3,23(4)5)24(6)7/h9,12,22-28H,8,10-11,13-21H2,1-7H3/b12-9+/t25-,26-,27?,28?. The first-order valence-electron chi connectivity index (χ1n) is 13.6. The van der Waals surface area contributed by atoms with Crippen LogP contribution in [0, 0.1) is 17.8 Å². The van der Waals surface area contributed by atoms with Gasteiger partial charge in [0.1, 0.15) is 0 Å². The topological polar surface area (TPSA) is 9.23 Å². The Bertz CT molecular complexity index is 457. The predicted octanol–water partition coefficient (Wildman–Crippen LogP) is 9.68. The third-order valence-electron chi connectivity index (χ3n) is 8.61. The maximum atomic E-state index is 7.07. The van der Waals surface area contributed by atoms with Gasteiger partial charge in [0.2, 0.25) is 8.32 Å². The normalized spacial score (nSPS) is 28.9. The van der Waals surface area contributed by atoms with Crippen molar-refractivity contribution < 1.29 is 4.43 Å². The molecule has 1 nitrogen and oxygen atoms in total. The predicted molar refractivity (Wildman–Crippen MR) is 137 cm³/mol. The summed E-state index contributed by atoms with van der Waals surface area (Å²) in [5.41, 5.74) is 2.12. The van der Waals surface area contributed by atoms with Crippen molar-refractivity contribution in [3.05, 3.63) is 12.2 Å². The summed E-state index contributed by atoms with van der Waals surface area (Å²) in [7, 11) is -1.71. The summed E-state index contributed by atoms with van der Waals surface area (Å²) in [5.74, 6) is 2.84. The zero-order valence-electron chi connectivity index (χ0n) is 21.6. The van der Waals surface area contributed by atoms with Gasteiger partial charge in [0.25, 0.3) is 0 Å². The van der Waals surface area contributed by atoms with E-state index < -0.39 is 8.32 Å². The Kier molecular flexibility index (Phi) is 11.2. The Balaban J connectivity index is 1.69. The molecule has 2 aliphatic rings. The number of hydrogen-bond acceptors (Lipinski definition) is 1. The van der Waals surface area contributed by atoms with Crippen molar-refractivity contribution in [2.45, 2.75) is 148 Å². The van der Waals surface area contributed by atoms with Gasteiger partial charge in [-0.25, -0.2) is 0 Å². The molecule has 176 valence electrons. The third kappa shape index (κ3) is 7.22. The van der Waals surface area contributed by atoms with E-state index in [9.17, 15) is 0 Å². The van der Waals surface area contributed by atoms with Gasteiger partial charge < -0.3 is 4.43 Å². The van der Waals surface area contributed by atoms with Gasteiger partial charge >= 0.3 is 0 Å². The van der Waals surface area contributed by atoms with Crippen molar-refractivity contribution in [3.63, 3.8) is 0 Å². The highest BCUT2D eigenvalue weighted by Crippen LogP contribution is 2.45. The maximum Gasteiger partial charge on any atom is 0.200 e. The zero-order chi connectivity index (χ0) is 22.1. The molecule has 0 aromatic carbocycles. The summed E-state index contributed by atoms with van der Waals surface area (Å²) < 4.78 is 7.07. The monoisotopic (exact) mass is 434 g/mol. The molecule has 2 heteroatoms. The number of hydrogen-bond donors (Lipinski definition) is 0. The fraction of sp³-hybridized carbons (Fsp3) is 0.929. The minimum Gasteiger partial charge on any atom is -0.413 e. The molecule has 0 amide bonds. The molecule has 0 N–H and O–H groups in total. The van der Waals surface area contributed by atoms with Crippen LogP contribution in [0.25, 0.3) is 0 Å². The lowest BCUT2D eigenvalue weighted by Crippen LogP contribution is -2.50. The fourth-order valence-electron chi connectivity index (χ4n) is 6.93. The highest BCUT2D eigenvalue weighted by molar-refractivity contribution is 6.77. The quantitative estimate of drug-likeness (QED) is 0.232. The molecular formula is C28H54OSi. The molecule has 2 rings (SSSR count). The first-order valence-corrected chi connectivity index (χ1v) is 15.8. The van der Waals surface area contributed by atoms with Crippen LogP contribution in [0.5, 0.6) is 0 Å². The molecule has 0 atom stereocenters. The second-order valence-corrected chi connectivity index (χ2v) is 17.1. The number of rotatable bonds is 11. The van der Waals surface area contributed by atoms with Crippen molar-refractivity contribution in [3.8, 4) is 0 Å². The van der Waals surface area contributed by atoms with E-state index in [-0.39, 0.29) is 0 Å². The van der Waals surface area contributed by atoms with Crippen LogP contribution in [0.15, 0.2) is 12.2 Å². The lowest BCUT2D eigenvalue weighted by Gasteiger charge is -2.46. The molecule has 0 aromatic rings. The summed E-state index contributed by atoms with van der Waals surface area (Å²) in [6, 6.07) is 0. The van der Waals surface area contributed by atoms with Crippen LogP contribution in [0.1, 0.15) is 126 Å². The van der Waals surface area contributed by atoms with E-state index >= 15 is 0 Å². The van der Waals surface area contributed by atoms with Crippen molar-refractivity contribution in [1.82, 2.24) is 0 Å². The molecule has 0 unspecified atom stereocenters. The maximum absolute atomic E-state index is 7.07. The van der Waals surface area contributed by atoms with E-state index in [1.165, 1.54) is 77.0 Å². The molecule has 0 spiro atoms. The van der Waals surface area contributed by atoms with Gasteiger partial charge in [0.15, 0.2) is 0 Å². The smallest absolute Gasteiger partial charge is 0.200 e. The zero-order valence-corrected chi connectivity index (χ0v) is 22.6. The Labute approximate surface area is 191 Å². The van der Waals surface area contributed by atoms with Crippen LogP contribution in [0.2, 0.25) is 16.6 Å². The van der Waals surface area contributed by atoms with Crippen molar-refractivity contribution in [2.24, 2.45) is 17.8 Å². The Morgan fingerprint density at radius 2 is 1.23 bits per heavy atom. The SMILES string of the molecule is CCC[C@H]1CC[C@H](/C=C/CCC2CCC(O[Si](C(C)C)(C(C)C)C(C)C)CC2)CC1. The van der Waals surface area contributed by atoms with Gasteiger partial charge in [-0.15, -0.1) is 0 Å². The van der Waals surface area contributed by atoms with E-state index in [4.69, 9.17) is 4.43 Å². The number of allylic oxidation sites excluding steroid dienone is 2. The first kappa shape index (κ1) is 26.2. The minimum atomic E-state index is -1.71. The highest BCUT2D eigenvalue weighted by Gasteiger charge is 2.46. The summed E-state index contributed by atoms with van der Waals surface area (Å²) in [6.07, 6.45) is 22.4. The van der Waals surface area contributed by atoms with Crippen LogP contribution in [0.3, 0.4) is 0 Å². The summed E-state index contributed by atoms with van der Waals surface area (Å²) in [6.45, 7) is 16.8. The van der Waals surface area contributed by atoms with Crippen molar-refractivity contribution in [2.75, 3.05) is 0 Å². The van der Waals surface area contributed by atoms with Crippen molar-refractivity contribution in [1.29, 1.82) is 0 Å². The van der Waals surface area contributed by atoms with E-state index in [0.717, 1.165) is 17.8 Å². The van der Waals surface area contributed by atoms with Gasteiger partial charge in [0.05, 0.1) is 0 Å². The molecule has 2 saturated carbocycles. The van der Waals surface area contributed by atoms with Crippen LogP contribution in [-0.4, -0.2) is 14.4 Å². The largest absolute Gasteiger partial charge is 0.413 e. The Hall–Kier alpha value is -0.0831. The second kappa shape index (κ2) is 12.8. The molecule has 0 bridgehead atoms. The van der Waals surface area contributed by atoms with E-state index in [0.29, 0.717) is 22.7 Å². The molecule has 2 fully saturated rings. The van der Waals surface area contributed by atoms with Gasteiger partial charge in [-0.3, -0.25) is 0 Å². The van der Waals surface area contributed by atoms with Gasteiger partial charge in [-0.2, -0.15) is 0 Å². The molecule has 0 aromatic heterocycles. The second-order valence-electron chi connectivity index (χ2n) is 11.7. The average molecular weight is 435 g/mol. The Morgan fingerprint density at radius 3 is 1.73 bits per heavy atom. The molecular weight excluding hydrogens is 380 g/mol. The van der Waals surface area contributed by atoms with Gasteiger partial charge in [-0.1, -0.05) is 73.5 Å². The fourth-order valence-corrected chi connectivity index (χ4v) is 12.6. The molecule has 30 heavy (non-hydrogen) atoms. The summed E-state index contributed by atoms with van der Waals surface area (Å²) >= 11 is 0. The average Bonchev–Trinajstić information content (AvgIpc) is 2.71. The van der Waals surface area contributed by atoms with E-state index in [2.05, 4.69) is 60.6 Å². The highest BCUT2D eigenvalue weighted by atomic mass is 28.4. The summed E-state index contributed by atoms with van der Waals surface area (Å²) in [4.78, 5) is 0. The molecule has 0 heterocycles. The van der Waals surface area contributed by atoms with Crippen molar-refractivity contribution >= 4 is 8.32 Å². The summed E-state index contributed by atoms with van der Waals surface area (Å²) in [5, 5.41) is 0. The van der Waals surface area contributed by atoms with E-state index in [1.54, 1.807) is 0 Å². The Morgan fingerprint density at radius 1 is 0.733 bits per heavy atom. The van der Waals surface area contributed by atoms with Gasteiger partial charge in [-0.05, 0) is 98.6 Å². The lowest BCUT2D eigenvalue weighted by atomic mass is 9.80. The molecule has 0 radical (unpaired) electrons. The minimum absolute atomic E-state index is 0.536. The molecule has 0 saturated heterocycles. The molecule has 0 aliphatic heterocycles. The van der Waals surface area contributed by atoms with Crippen LogP contribution >= 0.6 is 0 Å².